The zero-order valence-electron chi connectivity index (χ0n) is 50.7. The second-order valence-electron chi connectivity index (χ2n) is 23.0. The van der Waals surface area contributed by atoms with Gasteiger partial charge in [0.15, 0.2) is 5.82 Å². The quantitative estimate of drug-likeness (QED) is 0.0298. The number of carbonyl (C=O) groups excluding carboxylic acids is 3. The van der Waals surface area contributed by atoms with E-state index < -0.39 is 29.1 Å². The number of phenolic OH excluding ortho intramolecular Hbond substituents is 1. The van der Waals surface area contributed by atoms with Crippen LogP contribution in [-0.4, -0.2) is 162 Å². The third-order valence-electron chi connectivity index (χ3n) is 15.2. The molecule has 19 heteroatoms. The Morgan fingerprint density at radius 1 is 0.964 bits per heavy atom. The first kappa shape index (κ1) is 66.6. The standard InChI is InChI=1S/C47H57F2N9O5.C14H19NS.C3H8.CH4O/c1-5-34-37(48)14-11-29-23-33(60)24-35(39(29)34)41-40(49)42-36(25-50-41)44(57-26-30-12-13-31(27-57)51-30)54-46(53-42)63-22-8-16-56-20-18-55(19-21-56)15-7-10-38(61)52-43(47(2,3)4)45(62)58-17-6-9-32(58)28-59;1-5-16-14(11(2)3)13-8-6-12(7-9-13)10-15-4;1-3-2;1-2/h1,11,14,23-25,28,30-32,43,51,60H,6-10,12-13,15-22,26-27H2,2-4H3,(H,52,61);5-9,15H,1,10H2,2-4H3;3H2,1-2H3;2H,1H3/t30?,31?,32-,43?;;;/m0.../s1. The van der Waals surface area contributed by atoms with Crippen LogP contribution in [0.2, 0.25) is 0 Å². The maximum atomic E-state index is 16.9. The number of anilines is 1. The molecule has 2 aromatic heterocycles. The number of ether oxygens (including phenoxy) is 1. The Bertz CT molecular complexity index is 3090. The smallest absolute Gasteiger partial charge is 0.319 e. The van der Waals surface area contributed by atoms with Crippen LogP contribution >= 0.6 is 11.8 Å². The maximum absolute atomic E-state index is 16.9. The summed E-state index contributed by atoms with van der Waals surface area (Å²) in [4.78, 5) is 61.6. The number of allylic oxidation sites excluding steroid dienone is 1. The Hall–Kier alpha value is -6.53. The van der Waals surface area contributed by atoms with Crippen molar-refractivity contribution in [3.05, 3.63) is 101 Å². The first-order valence-electron chi connectivity index (χ1n) is 29.5. The number of likely N-dealkylation sites (tertiary alicyclic amines) is 1. The van der Waals surface area contributed by atoms with E-state index in [9.17, 15) is 23.9 Å². The summed E-state index contributed by atoms with van der Waals surface area (Å²) in [6.07, 6.45) is 14.5. The summed E-state index contributed by atoms with van der Waals surface area (Å²) >= 11 is 1.68. The van der Waals surface area contributed by atoms with Gasteiger partial charge in [0.1, 0.15) is 40.9 Å². The molecule has 6 heterocycles. The van der Waals surface area contributed by atoms with Gasteiger partial charge in [0, 0.05) is 107 Å². The highest BCUT2D eigenvalue weighted by atomic mass is 32.2. The number of piperazine rings is 2. The summed E-state index contributed by atoms with van der Waals surface area (Å²) in [5, 5.41) is 30.4. The number of pyridine rings is 1. The van der Waals surface area contributed by atoms with Gasteiger partial charge in [-0.15, -0.1) is 6.42 Å². The van der Waals surface area contributed by atoms with Gasteiger partial charge in [-0.25, -0.2) is 8.78 Å². The van der Waals surface area contributed by atoms with Crippen molar-refractivity contribution in [2.75, 3.05) is 84.6 Å². The van der Waals surface area contributed by atoms with E-state index in [4.69, 9.17) is 21.3 Å². The number of carbonyl (C=O) groups is 3. The molecule has 9 rings (SSSR count). The van der Waals surface area contributed by atoms with Crippen LogP contribution in [0, 0.1) is 29.4 Å². The molecule has 5 aromatic rings. The van der Waals surface area contributed by atoms with Crippen molar-refractivity contribution in [2.24, 2.45) is 5.41 Å². The Balaban J connectivity index is 0.000000458. The van der Waals surface area contributed by atoms with Crippen LogP contribution in [0.1, 0.15) is 117 Å². The number of fused-ring (bicyclic) bond motifs is 4. The lowest BCUT2D eigenvalue weighted by Gasteiger charge is -2.35. The van der Waals surface area contributed by atoms with Gasteiger partial charge < -0.3 is 55.3 Å². The number of aldehydes is 1. The van der Waals surface area contributed by atoms with E-state index in [0.29, 0.717) is 68.5 Å². The predicted molar refractivity (Wildman–Crippen MR) is 336 cm³/mol. The summed E-state index contributed by atoms with van der Waals surface area (Å²) in [5.41, 5.74) is 3.38. The predicted octanol–water partition coefficient (Wildman–Crippen LogP) is 9.70. The summed E-state index contributed by atoms with van der Waals surface area (Å²) in [6, 6.07) is 13.7. The first-order valence-corrected chi connectivity index (χ1v) is 30.3. The number of aromatic hydroxyl groups is 1. The molecule has 5 N–H and O–H groups in total. The fourth-order valence-corrected chi connectivity index (χ4v) is 11.9. The molecular formula is C65H88F2N10O6S. The third kappa shape index (κ3) is 17.3. The second kappa shape index (κ2) is 32.1. The van der Waals surface area contributed by atoms with Crippen molar-refractivity contribution < 1.29 is 38.1 Å². The zero-order chi connectivity index (χ0) is 61.1. The summed E-state index contributed by atoms with van der Waals surface area (Å²) in [7, 11) is 2.96. The summed E-state index contributed by atoms with van der Waals surface area (Å²) < 4.78 is 38.0. The number of phenols is 1. The molecule has 2 amide bonds. The number of thioether (sulfide) groups is 1. The van der Waals surface area contributed by atoms with Gasteiger partial charge in [0.2, 0.25) is 11.8 Å². The molecule has 4 aliphatic rings. The van der Waals surface area contributed by atoms with Crippen LogP contribution < -0.4 is 25.6 Å². The number of aliphatic hydroxyl groups excluding tert-OH is 1. The SMILES string of the molecule is C#Cc1c(F)ccc2cc(O)cc(-c3ncc4c(N5CC6CCC(C5)N6)nc(OCCCN5CCN(CCCC(=O)NC(C(=O)N6CCC[C@H]6C=O)C(C)(C)C)CC5)nc4c3F)c12.C=CSC(=C(C)C)c1ccc(CNC)cc1.CCC.CO. The van der Waals surface area contributed by atoms with Crippen LogP contribution in [-0.2, 0) is 20.9 Å². The molecule has 4 aliphatic heterocycles. The molecule has 3 unspecified atom stereocenters. The van der Waals surface area contributed by atoms with Gasteiger partial charge >= 0.3 is 6.01 Å². The minimum absolute atomic E-state index is 0.00644. The Morgan fingerprint density at radius 3 is 2.21 bits per heavy atom. The fraction of sp³-hybridized carbons (Fsp3) is 0.508. The summed E-state index contributed by atoms with van der Waals surface area (Å²) in [5.74, 6) is 1.03. The van der Waals surface area contributed by atoms with E-state index in [1.54, 1.807) is 16.7 Å². The molecule has 2 bridgehead atoms. The van der Waals surface area contributed by atoms with Crippen LogP contribution in [0.15, 0.2) is 72.3 Å². The maximum Gasteiger partial charge on any atom is 0.319 e. The van der Waals surface area contributed by atoms with Crippen molar-refractivity contribution in [1.29, 1.82) is 0 Å². The zero-order valence-corrected chi connectivity index (χ0v) is 51.5. The monoisotopic (exact) mass is 1170 g/mol. The Kier molecular flexibility index (Phi) is 25.5. The molecule has 0 aliphatic carbocycles. The average Bonchev–Trinajstić information content (AvgIpc) is 1.34. The van der Waals surface area contributed by atoms with E-state index in [1.807, 2.05) is 33.2 Å². The third-order valence-corrected chi connectivity index (χ3v) is 16.3. The van der Waals surface area contributed by atoms with Crippen molar-refractivity contribution >= 4 is 62.3 Å². The topological polar surface area (TPSA) is 189 Å². The van der Waals surface area contributed by atoms with E-state index in [0.717, 1.165) is 78.5 Å². The lowest BCUT2D eigenvalue weighted by molar-refractivity contribution is -0.141. The number of nitrogens with zero attached hydrogens (tertiary/aromatic N) is 7. The molecule has 4 fully saturated rings. The molecule has 84 heavy (non-hydrogen) atoms. The largest absolute Gasteiger partial charge is 0.508 e. The number of nitrogens with one attached hydrogen (secondary N) is 3. The summed E-state index contributed by atoms with van der Waals surface area (Å²) in [6.45, 7) is 26.2. The number of hydrogen-bond acceptors (Lipinski definition) is 15. The van der Waals surface area contributed by atoms with Crippen molar-refractivity contribution in [3.63, 3.8) is 0 Å². The highest BCUT2D eigenvalue weighted by molar-refractivity contribution is 8.10. The van der Waals surface area contributed by atoms with Gasteiger partial charge in [0.25, 0.3) is 0 Å². The van der Waals surface area contributed by atoms with Gasteiger partial charge in [-0.05, 0) is 112 Å². The minimum Gasteiger partial charge on any atom is -0.508 e. The fourth-order valence-electron chi connectivity index (χ4n) is 11.2. The van der Waals surface area contributed by atoms with Crippen LogP contribution in [0.25, 0.3) is 37.8 Å². The minimum atomic E-state index is -0.757. The van der Waals surface area contributed by atoms with E-state index in [2.05, 4.69) is 105 Å². The highest BCUT2D eigenvalue weighted by Gasteiger charge is 2.40. The number of aromatic nitrogens is 3. The molecule has 16 nitrogen and oxygen atoms in total. The number of aliphatic hydroxyl groups is 1. The molecule has 4 saturated heterocycles. The van der Waals surface area contributed by atoms with Crippen LogP contribution in [0.3, 0.4) is 0 Å². The molecule has 3 aromatic carbocycles. The molecule has 4 atom stereocenters. The van der Waals surface area contributed by atoms with Gasteiger partial charge in [0.05, 0.1) is 23.6 Å². The first-order chi connectivity index (χ1) is 40.4. The van der Waals surface area contributed by atoms with E-state index >= 15 is 4.39 Å². The average molecular weight is 1180 g/mol. The van der Waals surface area contributed by atoms with Gasteiger partial charge in [-0.1, -0.05) is 101 Å². The molecular weight excluding hydrogens is 1090 g/mol. The number of hydrogen-bond donors (Lipinski definition) is 5. The number of halogens is 2. The molecule has 0 radical (unpaired) electrons. The van der Waals surface area contributed by atoms with Crippen LogP contribution in [0.4, 0.5) is 14.6 Å². The molecule has 0 saturated carbocycles. The molecule has 0 spiro atoms. The van der Waals surface area contributed by atoms with Gasteiger partial charge in [-0.2, -0.15) is 9.97 Å². The highest BCUT2D eigenvalue weighted by Crippen LogP contribution is 2.40. The van der Waals surface area contributed by atoms with Crippen molar-refractivity contribution in [1.82, 2.24) is 45.6 Å². The number of terminal acetylenes is 1. The molecule has 454 valence electrons. The number of benzene rings is 3. The van der Waals surface area contributed by atoms with E-state index in [1.165, 1.54) is 58.5 Å². The second-order valence-corrected chi connectivity index (χ2v) is 24.0. The lowest BCUT2D eigenvalue weighted by atomic mass is 9.85. The van der Waals surface area contributed by atoms with Crippen molar-refractivity contribution in [3.8, 4) is 35.4 Å². The lowest BCUT2D eigenvalue weighted by Crippen LogP contribution is -2.56. The Morgan fingerprint density at radius 2 is 1.62 bits per heavy atom. The van der Waals surface area contributed by atoms with Gasteiger partial charge in [-0.3, -0.25) is 14.6 Å². The Labute approximate surface area is 500 Å². The number of rotatable bonds is 19. The van der Waals surface area contributed by atoms with Crippen molar-refractivity contribution in [2.45, 2.75) is 131 Å². The number of amides is 2. The normalized spacial score (nSPS) is 18.1. The van der Waals surface area contributed by atoms with E-state index in [-0.39, 0.29) is 63.4 Å². The van der Waals surface area contributed by atoms with Crippen LogP contribution in [0.5, 0.6) is 11.8 Å².